The number of Topliss-reactive ketones (excluding diaryl/α,β-unsaturated/α-hetero) is 1. The van der Waals surface area contributed by atoms with Crippen LogP contribution >= 0.6 is 0 Å². The minimum absolute atomic E-state index is 0.115. The van der Waals surface area contributed by atoms with E-state index < -0.39 is 17.8 Å². The first-order chi connectivity index (χ1) is 15.9. The number of aliphatic hydroxyl groups excluding tert-OH is 1. The third-order valence-electron chi connectivity index (χ3n) is 6.01. The number of fused-ring (bicyclic) bond motifs is 5. The summed E-state index contributed by atoms with van der Waals surface area (Å²) in [6.07, 6.45) is -0.895. The summed E-state index contributed by atoms with van der Waals surface area (Å²) in [5.74, 6) is -1.06. The van der Waals surface area contributed by atoms with Gasteiger partial charge >= 0.3 is 0 Å². The molecule has 1 atom stereocenters. The highest BCUT2D eigenvalue weighted by Gasteiger charge is 2.32. The van der Waals surface area contributed by atoms with Gasteiger partial charge in [-0.2, -0.15) is 0 Å². The third kappa shape index (κ3) is 3.52. The van der Waals surface area contributed by atoms with Crippen LogP contribution in [0.25, 0.3) is 21.8 Å². The fourth-order valence-electron chi connectivity index (χ4n) is 4.50. The highest BCUT2D eigenvalue weighted by Crippen LogP contribution is 2.35. The Hall–Kier alpha value is -3.78. The van der Waals surface area contributed by atoms with Crippen LogP contribution in [0.5, 0.6) is 5.75 Å². The van der Waals surface area contributed by atoms with Gasteiger partial charge in [-0.15, -0.1) is 0 Å². The number of hydrogen-bond donors (Lipinski definition) is 2. The zero-order chi connectivity index (χ0) is 23.3. The summed E-state index contributed by atoms with van der Waals surface area (Å²) in [5.41, 5.74) is 3.88. The van der Waals surface area contributed by atoms with Crippen LogP contribution in [0.4, 0.5) is 4.39 Å². The molecule has 0 radical (unpaired) electrons. The number of methoxy groups -OCH3 is 1. The summed E-state index contributed by atoms with van der Waals surface area (Å²) in [5, 5.41) is 11.4. The molecule has 4 aromatic rings. The number of ether oxygens (including phenoxy) is 1. The van der Waals surface area contributed by atoms with Gasteiger partial charge in [0.15, 0.2) is 17.3 Å². The van der Waals surface area contributed by atoms with Crippen LogP contribution in [0.15, 0.2) is 42.5 Å². The largest absolute Gasteiger partial charge is 0.494 e. The molecular formula is C25H22FN3O4. The average Bonchev–Trinajstić information content (AvgIpc) is 3.18. The summed E-state index contributed by atoms with van der Waals surface area (Å²) in [6, 6.07) is 12.4. The Morgan fingerprint density at radius 3 is 2.79 bits per heavy atom. The Morgan fingerprint density at radius 2 is 2.06 bits per heavy atom. The molecule has 0 aliphatic carbocycles. The molecule has 0 saturated heterocycles. The summed E-state index contributed by atoms with van der Waals surface area (Å²) in [6.45, 7) is 1.38. The maximum Gasteiger partial charge on any atom is 0.251 e. The van der Waals surface area contributed by atoms with E-state index in [1.807, 2.05) is 24.3 Å². The third-order valence-corrected chi connectivity index (χ3v) is 6.01. The van der Waals surface area contributed by atoms with Gasteiger partial charge in [0.05, 0.1) is 42.7 Å². The lowest BCUT2D eigenvalue weighted by Gasteiger charge is -2.29. The average molecular weight is 447 g/mol. The smallest absolute Gasteiger partial charge is 0.251 e. The van der Waals surface area contributed by atoms with Crippen LogP contribution in [-0.2, 0) is 17.8 Å². The van der Waals surface area contributed by atoms with Gasteiger partial charge in [-0.25, -0.2) is 4.39 Å². The van der Waals surface area contributed by atoms with E-state index in [1.54, 1.807) is 12.1 Å². The van der Waals surface area contributed by atoms with Crippen molar-refractivity contribution in [1.82, 2.24) is 14.9 Å². The van der Waals surface area contributed by atoms with Crippen LogP contribution in [-0.4, -0.2) is 51.4 Å². The van der Waals surface area contributed by atoms with Crippen molar-refractivity contribution in [3.8, 4) is 5.75 Å². The van der Waals surface area contributed by atoms with E-state index in [9.17, 15) is 19.1 Å². The lowest BCUT2D eigenvalue weighted by Crippen LogP contribution is -2.44. The fraction of sp³-hybridized carbons (Fsp3) is 0.240. The van der Waals surface area contributed by atoms with Crippen molar-refractivity contribution in [2.45, 2.75) is 26.0 Å². The lowest BCUT2D eigenvalue weighted by molar-refractivity contribution is -0.139. The van der Waals surface area contributed by atoms with Gasteiger partial charge in [0.25, 0.3) is 5.91 Å². The summed E-state index contributed by atoms with van der Waals surface area (Å²) in [4.78, 5) is 35.0. The van der Waals surface area contributed by atoms with Gasteiger partial charge in [0.1, 0.15) is 6.10 Å². The second-order valence-electron chi connectivity index (χ2n) is 8.24. The van der Waals surface area contributed by atoms with Gasteiger partial charge in [0, 0.05) is 22.7 Å². The van der Waals surface area contributed by atoms with Gasteiger partial charge < -0.3 is 19.7 Å². The van der Waals surface area contributed by atoms with Crippen LogP contribution < -0.4 is 4.74 Å². The van der Waals surface area contributed by atoms with Crippen LogP contribution in [0.1, 0.15) is 34.2 Å². The van der Waals surface area contributed by atoms with Crippen molar-refractivity contribution in [3.05, 3.63) is 70.8 Å². The second kappa shape index (κ2) is 7.97. The van der Waals surface area contributed by atoms with Crippen molar-refractivity contribution >= 4 is 33.5 Å². The highest BCUT2D eigenvalue weighted by atomic mass is 19.1. The number of ketones is 1. The molecule has 0 fully saturated rings. The molecule has 1 amide bonds. The molecular weight excluding hydrogens is 425 g/mol. The summed E-state index contributed by atoms with van der Waals surface area (Å²) < 4.78 is 19.3. The molecule has 0 saturated carbocycles. The number of rotatable bonds is 4. The van der Waals surface area contributed by atoms with E-state index >= 15 is 0 Å². The molecule has 2 aromatic carbocycles. The predicted molar refractivity (Wildman–Crippen MR) is 121 cm³/mol. The van der Waals surface area contributed by atoms with E-state index in [1.165, 1.54) is 25.0 Å². The van der Waals surface area contributed by atoms with Gasteiger partial charge in [-0.3, -0.25) is 14.6 Å². The van der Waals surface area contributed by atoms with Crippen molar-refractivity contribution < 1.29 is 23.8 Å². The van der Waals surface area contributed by atoms with E-state index in [-0.39, 0.29) is 24.6 Å². The molecule has 8 heteroatoms. The Balaban J connectivity index is 1.70. The van der Waals surface area contributed by atoms with E-state index in [2.05, 4.69) is 4.98 Å². The van der Waals surface area contributed by atoms with Crippen LogP contribution in [0.2, 0.25) is 0 Å². The first kappa shape index (κ1) is 21.1. The van der Waals surface area contributed by atoms with Crippen molar-refractivity contribution in [1.29, 1.82) is 0 Å². The number of benzene rings is 2. The number of halogens is 1. The van der Waals surface area contributed by atoms with Gasteiger partial charge in [-0.05, 0) is 30.7 Å². The number of nitrogens with zero attached hydrogens (tertiary/aromatic N) is 2. The lowest BCUT2D eigenvalue weighted by atomic mass is 9.95. The van der Waals surface area contributed by atoms with Gasteiger partial charge in [0.2, 0.25) is 0 Å². The number of aliphatic hydroxyl groups is 1. The minimum atomic E-state index is -1.21. The first-order valence-electron chi connectivity index (χ1n) is 10.6. The SMILES string of the molecule is COc1ccc(Cc2nc3c(c4c2[nH]c2ccccc24)C(=O)CN(C(=O)C(C)O)C3)cc1F. The second-order valence-corrected chi connectivity index (χ2v) is 8.24. The summed E-state index contributed by atoms with van der Waals surface area (Å²) >= 11 is 0. The molecule has 2 N–H and O–H groups in total. The van der Waals surface area contributed by atoms with Gasteiger partial charge in [-0.1, -0.05) is 24.3 Å². The molecule has 1 aliphatic heterocycles. The number of pyridine rings is 1. The Bertz CT molecular complexity index is 1430. The monoisotopic (exact) mass is 447 g/mol. The summed E-state index contributed by atoms with van der Waals surface area (Å²) in [7, 11) is 1.41. The van der Waals surface area contributed by atoms with Crippen LogP contribution in [0.3, 0.4) is 0 Å². The standard InChI is InChI=1S/C25H22FN3O4/c1-13(30)25(32)29-11-19-23(20(31)12-29)22-15-5-3-4-6-17(15)28-24(22)18(27-19)10-14-7-8-21(33-2)16(26)9-14/h3-9,13,28,30H,10-12H2,1-2H3. The fourth-order valence-corrected chi connectivity index (χ4v) is 4.50. The molecule has 3 heterocycles. The Morgan fingerprint density at radius 1 is 1.27 bits per heavy atom. The highest BCUT2D eigenvalue weighted by molar-refractivity contribution is 6.20. The van der Waals surface area contributed by atoms with E-state index in [0.717, 1.165) is 21.8 Å². The maximum absolute atomic E-state index is 14.3. The quantitative estimate of drug-likeness (QED) is 0.500. The minimum Gasteiger partial charge on any atom is -0.494 e. The van der Waals surface area contributed by atoms with E-state index in [4.69, 9.17) is 9.72 Å². The number of carbonyl (C=O) groups is 2. The van der Waals surface area contributed by atoms with Crippen LogP contribution in [0, 0.1) is 5.82 Å². The number of H-pyrrole nitrogens is 1. The number of amides is 1. The number of aromatic amines is 1. The molecule has 168 valence electrons. The molecule has 5 rings (SSSR count). The number of aromatic nitrogens is 2. The Labute approximate surface area is 188 Å². The number of hydrogen-bond acceptors (Lipinski definition) is 5. The number of nitrogens with one attached hydrogen (secondary N) is 1. The molecule has 2 aromatic heterocycles. The number of carbonyl (C=O) groups excluding carboxylic acids is 2. The molecule has 0 bridgehead atoms. The topological polar surface area (TPSA) is 95.5 Å². The molecule has 0 spiro atoms. The molecule has 33 heavy (non-hydrogen) atoms. The predicted octanol–water partition coefficient (Wildman–Crippen LogP) is 3.36. The van der Waals surface area contributed by atoms with E-state index in [0.29, 0.717) is 28.9 Å². The van der Waals surface area contributed by atoms with Crippen molar-refractivity contribution in [2.24, 2.45) is 0 Å². The van der Waals surface area contributed by atoms with Crippen molar-refractivity contribution in [3.63, 3.8) is 0 Å². The number of para-hydroxylation sites is 1. The van der Waals surface area contributed by atoms with Crippen molar-refractivity contribution in [2.75, 3.05) is 13.7 Å². The Kier molecular flexibility index (Phi) is 5.09. The normalized spacial score (nSPS) is 14.5. The zero-order valence-electron chi connectivity index (χ0n) is 18.2. The molecule has 1 unspecified atom stereocenters. The molecule has 7 nitrogen and oxygen atoms in total. The molecule has 1 aliphatic rings. The first-order valence-corrected chi connectivity index (χ1v) is 10.6. The zero-order valence-corrected chi connectivity index (χ0v) is 18.2. The maximum atomic E-state index is 14.3.